The fourth-order valence-electron chi connectivity index (χ4n) is 6.46. The van der Waals surface area contributed by atoms with Gasteiger partial charge in [0.05, 0.1) is 5.56 Å². The zero-order valence-corrected chi connectivity index (χ0v) is 32.9. The zero-order valence-electron chi connectivity index (χ0n) is 29.9. The summed E-state index contributed by atoms with van der Waals surface area (Å²) in [5.74, 6) is 0.569. The van der Waals surface area contributed by atoms with E-state index in [0.717, 1.165) is 60.4 Å². The first-order valence-corrected chi connectivity index (χ1v) is 21.1. The molecule has 1 heterocycles. The molecule has 1 amide bonds. The van der Waals surface area contributed by atoms with Crippen molar-refractivity contribution in [2.24, 2.45) is 0 Å². The average molecular weight is 852 g/mol. The van der Waals surface area contributed by atoms with Crippen LogP contribution in [-0.2, 0) is 42.7 Å². The second-order valence-electron chi connectivity index (χ2n) is 13.0. The Morgan fingerprint density at radius 2 is 1.43 bits per heavy atom. The van der Waals surface area contributed by atoms with Crippen molar-refractivity contribution in [2.75, 3.05) is 26.2 Å². The number of aromatic nitrogens is 2. The van der Waals surface area contributed by atoms with Crippen LogP contribution in [0.1, 0.15) is 48.2 Å². The van der Waals surface area contributed by atoms with Crippen molar-refractivity contribution in [3.8, 4) is 11.1 Å². The topological polar surface area (TPSA) is 58.4 Å². The van der Waals surface area contributed by atoms with E-state index in [9.17, 15) is 22.8 Å². The van der Waals surface area contributed by atoms with Crippen LogP contribution in [0.15, 0.2) is 113 Å². The van der Waals surface area contributed by atoms with E-state index in [0.29, 0.717) is 48.1 Å². The third-order valence-electron chi connectivity index (χ3n) is 9.53. The van der Waals surface area contributed by atoms with E-state index in [-0.39, 0.29) is 39.2 Å². The van der Waals surface area contributed by atoms with Gasteiger partial charge in [-0.15, -0.1) is 0 Å². The van der Waals surface area contributed by atoms with E-state index in [1.54, 1.807) is 0 Å². The average Bonchev–Trinajstić information content (AvgIpc) is 3.67. The second-order valence-corrected chi connectivity index (χ2v) is 17.0. The maximum Gasteiger partial charge on any atom is 0.416 e. The number of thioether (sulfide) groups is 1. The van der Waals surface area contributed by atoms with Crippen molar-refractivity contribution in [3.63, 3.8) is 0 Å². The second kappa shape index (κ2) is 17.9. The molecule has 0 radical (unpaired) electrons. The van der Waals surface area contributed by atoms with Gasteiger partial charge in [-0.25, -0.2) is 0 Å². The summed E-state index contributed by atoms with van der Waals surface area (Å²) in [5, 5.41) is 0.564. The van der Waals surface area contributed by atoms with Gasteiger partial charge < -0.3 is 14.4 Å². The first kappa shape index (κ1) is 38.8. The van der Waals surface area contributed by atoms with Crippen molar-refractivity contribution in [1.29, 1.82) is 0 Å². The summed E-state index contributed by atoms with van der Waals surface area (Å²) in [7, 11) is 0. The Labute approximate surface area is 323 Å². The minimum atomic E-state index is -4.38. The van der Waals surface area contributed by atoms with Gasteiger partial charge in [-0.1, -0.05) is 92.3 Å². The van der Waals surface area contributed by atoms with Crippen LogP contribution in [-0.4, -0.2) is 51.4 Å². The van der Waals surface area contributed by atoms with Gasteiger partial charge in [-0.2, -0.15) is 18.2 Å². The number of carbonyl (C=O) groups is 1. The highest BCUT2D eigenvalue weighted by Gasteiger charge is 2.30. The molecular weight excluding hydrogens is 808 g/mol. The van der Waals surface area contributed by atoms with Gasteiger partial charge in [0.15, 0.2) is 12.3 Å². The number of carbonyl (C=O) groups excluding carboxylic acids is 1. The highest BCUT2D eigenvalue weighted by atomic mass is 127. The van der Waals surface area contributed by atoms with Gasteiger partial charge in [0, 0.05) is 36.6 Å². The molecule has 0 saturated carbocycles. The lowest BCUT2D eigenvalue weighted by atomic mass is 10.0. The van der Waals surface area contributed by atoms with Gasteiger partial charge in [-0.05, 0) is 91.0 Å². The summed E-state index contributed by atoms with van der Waals surface area (Å²) in [5.41, 5.74) is 4.28. The Kier molecular flexibility index (Phi) is 13.1. The quantitative estimate of drug-likeness (QED) is 0.0824. The summed E-state index contributed by atoms with van der Waals surface area (Å²) in [6, 6.07) is 32.0. The number of benzene rings is 4. The maximum absolute atomic E-state index is 14.3. The molecule has 1 aliphatic rings. The third kappa shape index (κ3) is 10.2. The molecule has 11 heteroatoms. The Morgan fingerprint density at radius 1 is 0.811 bits per heavy atom. The molecule has 0 fully saturated rings. The summed E-state index contributed by atoms with van der Waals surface area (Å²) < 4.78 is 43.9. The number of amides is 1. The first-order chi connectivity index (χ1) is 25.6. The molecule has 0 unspecified atom stereocenters. The van der Waals surface area contributed by atoms with Crippen LogP contribution < -0.4 is 26.8 Å². The Hall–Kier alpha value is -3.94. The van der Waals surface area contributed by atoms with E-state index in [2.05, 4.69) is 72.3 Å². The molecule has 53 heavy (non-hydrogen) atoms. The van der Waals surface area contributed by atoms with E-state index in [1.165, 1.54) is 31.0 Å². The molecule has 6 nitrogen and oxygen atoms in total. The highest BCUT2D eigenvalue weighted by Crippen LogP contribution is 2.31. The maximum atomic E-state index is 14.3. The number of alkyl halides is 3. The zero-order chi connectivity index (χ0) is 37.4. The molecule has 1 aromatic heterocycles. The monoisotopic (exact) mass is 851 g/mol. The number of fused-ring (bicyclic) bond motifs is 1. The molecule has 6 rings (SSSR count). The minimum absolute atomic E-state index is 0.0560. The predicted octanol–water partition coefficient (Wildman–Crippen LogP) is 5.21. The Balaban J connectivity index is 1.19. The molecule has 276 valence electrons. The van der Waals surface area contributed by atoms with Gasteiger partial charge in [0.1, 0.15) is 6.54 Å². The molecule has 1 aliphatic carbocycles. The number of hydrogen-bond acceptors (Lipinski definition) is 5. The van der Waals surface area contributed by atoms with E-state index in [4.69, 9.17) is 0 Å². The van der Waals surface area contributed by atoms with Crippen molar-refractivity contribution < 1.29 is 39.2 Å². The van der Waals surface area contributed by atoms with Crippen molar-refractivity contribution in [1.82, 2.24) is 19.4 Å². The SMILES string of the molecule is CCN(CC)CCN(Cc1ccc(-c2ccc(C(F)(F)F)cc2)cc1)C(=O)Cn1c(SCc2ccc([I+]c3ccccc3)cc2)nc(=O)c2c1CCC2. The molecule has 5 aromatic rings. The number of nitrogens with zero attached hydrogens (tertiary/aromatic N) is 4. The Morgan fingerprint density at radius 3 is 2.08 bits per heavy atom. The van der Waals surface area contributed by atoms with Crippen LogP contribution in [0.3, 0.4) is 0 Å². The van der Waals surface area contributed by atoms with Crippen LogP contribution in [0.25, 0.3) is 11.1 Å². The summed E-state index contributed by atoms with van der Waals surface area (Å²) in [4.78, 5) is 36.1. The predicted molar refractivity (Wildman–Crippen MR) is 200 cm³/mol. The van der Waals surface area contributed by atoms with E-state index in [1.807, 2.05) is 39.8 Å². The molecule has 0 spiro atoms. The normalized spacial score (nSPS) is 12.6. The molecule has 0 bridgehead atoms. The Bertz CT molecular complexity index is 2030. The molecule has 0 aliphatic heterocycles. The highest BCUT2D eigenvalue weighted by molar-refractivity contribution is 7.98. The van der Waals surface area contributed by atoms with Crippen LogP contribution in [0.4, 0.5) is 13.2 Å². The van der Waals surface area contributed by atoms with Crippen LogP contribution in [0, 0.1) is 7.14 Å². The molecular formula is C42H43F3IN4O2S+. The van der Waals surface area contributed by atoms with Gasteiger partial charge in [0.2, 0.25) is 5.91 Å². The summed E-state index contributed by atoms with van der Waals surface area (Å²) in [6.45, 7) is 7.65. The van der Waals surface area contributed by atoms with E-state index < -0.39 is 11.7 Å². The lowest BCUT2D eigenvalue weighted by Gasteiger charge is -2.28. The summed E-state index contributed by atoms with van der Waals surface area (Å²) in [6.07, 6.45) is -2.12. The van der Waals surface area contributed by atoms with Crippen LogP contribution in [0.5, 0.6) is 0 Å². The summed E-state index contributed by atoms with van der Waals surface area (Å²) >= 11 is 1.23. The minimum Gasteiger partial charge on any atom is -0.336 e. The van der Waals surface area contributed by atoms with Crippen molar-refractivity contribution >= 4 is 17.7 Å². The molecule has 0 N–H and O–H groups in total. The van der Waals surface area contributed by atoms with Crippen LogP contribution in [0.2, 0.25) is 0 Å². The number of hydrogen-bond donors (Lipinski definition) is 0. The fourth-order valence-corrected chi connectivity index (χ4v) is 9.64. The number of rotatable bonds is 15. The van der Waals surface area contributed by atoms with Gasteiger partial charge >= 0.3 is 27.4 Å². The van der Waals surface area contributed by atoms with Gasteiger partial charge in [0.25, 0.3) is 5.56 Å². The van der Waals surface area contributed by atoms with Crippen molar-refractivity contribution in [2.45, 2.75) is 63.3 Å². The first-order valence-electron chi connectivity index (χ1n) is 17.9. The number of halogens is 4. The molecule has 0 saturated heterocycles. The third-order valence-corrected chi connectivity index (χ3v) is 13.3. The smallest absolute Gasteiger partial charge is 0.336 e. The largest absolute Gasteiger partial charge is 0.416 e. The lowest BCUT2D eigenvalue weighted by molar-refractivity contribution is -0.597. The number of likely N-dealkylation sites (N-methyl/N-ethyl adjacent to an activating group) is 1. The fraction of sp³-hybridized carbons (Fsp3) is 0.310. The van der Waals surface area contributed by atoms with Gasteiger partial charge in [-0.3, -0.25) is 9.59 Å². The van der Waals surface area contributed by atoms with Crippen LogP contribution >= 0.6 is 11.8 Å². The lowest BCUT2D eigenvalue weighted by Crippen LogP contribution is -3.61. The molecule has 4 aromatic carbocycles. The standard InChI is InChI=1S/C42H43F3IN4O2S/c1-3-48(4-2)25-26-49(27-30-13-17-32(18-14-30)33-19-21-34(22-20-33)42(43,44)45)39(51)28-50-38-12-8-11-37(38)40(52)47-41(50)53-29-31-15-23-36(24-16-31)46-35-9-6-5-7-10-35/h5-7,9-10,13-24H,3-4,8,11-12,25-29H2,1-2H3/q+1. The van der Waals surface area contributed by atoms with Crippen molar-refractivity contribution in [3.05, 3.63) is 149 Å². The van der Waals surface area contributed by atoms with E-state index >= 15 is 0 Å². The molecule has 0 atom stereocenters.